The van der Waals surface area contributed by atoms with E-state index < -0.39 is 0 Å². The van der Waals surface area contributed by atoms with Gasteiger partial charge in [0, 0.05) is 26.3 Å². The third-order valence-electron chi connectivity index (χ3n) is 4.87. The average Bonchev–Trinajstić information content (AvgIpc) is 2.96. The molecule has 0 saturated carbocycles. The molecule has 2 rings (SSSR count). The molecule has 5 nitrogen and oxygen atoms in total. The number of methoxy groups -OCH3 is 1. The van der Waals surface area contributed by atoms with E-state index in [1.54, 1.807) is 7.11 Å². The fourth-order valence-corrected chi connectivity index (χ4v) is 3.28. The molecule has 2 N–H and O–H groups in total. The summed E-state index contributed by atoms with van der Waals surface area (Å²) < 4.78 is 11.2. The van der Waals surface area contributed by atoms with Crippen molar-refractivity contribution in [2.45, 2.75) is 69.7 Å². The first-order valence-electron chi connectivity index (χ1n) is 7.83. The number of amides is 1. The van der Waals surface area contributed by atoms with Crippen molar-refractivity contribution in [3.63, 3.8) is 0 Å². The van der Waals surface area contributed by atoms with Gasteiger partial charge in [0.05, 0.1) is 17.7 Å². The van der Waals surface area contributed by atoms with Crippen molar-refractivity contribution < 1.29 is 14.3 Å². The lowest BCUT2D eigenvalue weighted by molar-refractivity contribution is -0.127. The highest BCUT2D eigenvalue weighted by Crippen LogP contribution is 2.31. The molecule has 0 aromatic carbocycles. The first-order chi connectivity index (χ1) is 9.62. The van der Waals surface area contributed by atoms with Crippen LogP contribution in [0.5, 0.6) is 0 Å². The van der Waals surface area contributed by atoms with E-state index in [2.05, 4.69) is 24.5 Å². The second-order valence-electron chi connectivity index (χ2n) is 5.99. The SMILES string of the molecule is CCC1(CC)CC(NC(=O)C2CC(OC)CN2)CCO1. The Labute approximate surface area is 121 Å². The predicted octanol–water partition coefficient (Wildman–Crippen LogP) is 1.22. The van der Waals surface area contributed by atoms with Gasteiger partial charge in [-0.1, -0.05) is 13.8 Å². The Kier molecular flexibility index (Phi) is 5.41. The van der Waals surface area contributed by atoms with Gasteiger partial charge in [-0.15, -0.1) is 0 Å². The monoisotopic (exact) mass is 284 g/mol. The minimum atomic E-state index is -0.111. The van der Waals surface area contributed by atoms with Gasteiger partial charge >= 0.3 is 0 Å². The summed E-state index contributed by atoms with van der Waals surface area (Å²) in [6.07, 6.45) is 4.76. The van der Waals surface area contributed by atoms with Crippen molar-refractivity contribution in [1.29, 1.82) is 0 Å². The van der Waals surface area contributed by atoms with Crippen LogP contribution in [0.4, 0.5) is 0 Å². The van der Waals surface area contributed by atoms with E-state index in [0.29, 0.717) is 0 Å². The number of rotatable bonds is 5. The topological polar surface area (TPSA) is 59.6 Å². The van der Waals surface area contributed by atoms with Crippen LogP contribution in [0.15, 0.2) is 0 Å². The molecule has 5 heteroatoms. The van der Waals surface area contributed by atoms with Crippen LogP contribution in [-0.4, -0.2) is 50.0 Å². The summed E-state index contributed by atoms with van der Waals surface area (Å²) in [4.78, 5) is 12.3. The van der Waals surface area contributed by atoms with Crippen LogP contribution in [0.25, 0.3) is 0 Å². The normalized spacial score (nSPS) is 33.0. The number of hydrogen-bond donors (Lipinski definition) is 2. The quantitative estimate of drug-likeness (QED) is 0.797. The van der Waals surface area contributed by atoms with Crippen molar-refractivity contribution in [1.82, 2.24) is 10.6 Å². The molecule has 2 saturated heterocycles. The molecule has 0 aromatic heterocycles. The molecule has 0 bridgehead atoms. The van der Waals surface area contributed by atoms with E-state index >= 15 is 0 Å². The summed E-state index contributed by atoms with van der Waals surface area (Å²) >= 11 is 0. The Morgan fingerprint density at radius 2 is 2.20 bits per heavy atom. The van der Waals surface area contributed by atoms with Crippen LogP contribution in [0.1, 0.15) is 46.0 Å². The summed E-state index contributed by atoms with van der Waals surface area (Å²) in [5, 5.41) is 6.42. The Morgan fingerprint density at radius 1 is 1.45 bits per heavy atom. The lowest BCUT2D eigenvalue weighted by Crippen LogP contribution is -2.51. The average molecular weight is 284 g/mol. The van der Waals surface area contributed by atoms with E-state index in [4.69, 9.17) is 9.47 Å². The second-order valence-corrected chi connectivity index (χ2v) is 5.99. The number of carbonyl (C=O) groups is 1. The van der Waals surface area contributed by atoms with Crippen LogP contribution < -0.4 is 10.6 Å². The smallest absolute Gasteiger partial charge is 0.237 e. The molecular weight excluding hydrogens is 256 g/mol. The zero-order valence-electron chi connectivity index (χ0n) is 12.9. The minimum absolute atomic E-state index is 0.0473. The molecule has 116 valence electrons. The molecule has 20 heavy (non-hydrogen) atoms. The van der Waals surface area contributed by atoms with Crippen molar-refractivity contribution in [2.75, 3.05) is 20.3 Å². The summed E-state index contributed by atoms with van der Waals surface area (Å²) in [6, 6.07) is 0.125. The van der Waals surface area contributed by atoms with Crippen molar-refractivity contribution in [3.05, 3.63) is 0 Å². The van der Waals surface area contributed by atoms with Gasteiger partial charge in [0.2, 0.25) is 5.91 Å². The molecule has 3 atom stereocenters. The summed E-state index contributed by atoms with van der Waals surface area (Å²) in [5.41, 5.74) is -0.0473. The Morgan fingerprint density at radius 3 is 2.80 bits per heavy atom. The van der Waals surface area contributed by atoms with Crippen LogP contribution in [0, 0.1) is 0 Å². The Balaban J connectivity index is 1.85. The highest BCUT2D eigenvalue weighted by Gasteiger charge is 2.37. The van der Waals surface area contributed by atoms with Gasteiger partial charge in [-0.3, -0.25) is 4.79 Å². The maximum atomic E-state index is 12.3. The van der Waals surface area contributed by atoms with Gasteiger partial charge in [-0.05, 0) is 32.1 Å². The maximum absolute atomic E-state index is 12.3. The standard InChI is InChI=1S/C15H28N2O3/c1-4-15(5-2)9-11(6-7-20-15)17-14(18)13-8-12(19-3)10-16-13/h11-13,16H,4-10H2,1-3H3,(H,17,18). The molecule has 1 amide bonds. The van der Waals surface area contributed by atoms with Crippen LogP contribution in [0.2, 0.25) is 0 Å². The van der Waals surface area contributed by atoms with Crippen molar-refractivity contribution >= 4 is 5.91 Å². The van der Waals surface area contributed by atoms with Crippen LogP contribution in [0.3, 0.4) is 0 Å². The molecule has 3 unspecified atom stereocenters. The largest absolute Gasteiger partial charge is 0.380 e. The van der Waals surface area contributed by atoms with Gasteiger partial charge < -0.3 is 20.1 Å². The van der Waals surface area contributed by atoms with Crippen LogP contribution >= 0.6 is 0 Å². The number of hydrogen-bond acceptors (Lipinski definition) is 4. The van der Waals surface area contributed by atoms with Gasteiger partial charge in [0.25, 0.3) is 0 Å². The van der Waals surface area contributed by atoms with Gasteiger partial charge in [0.15, 0.2) is 0 Å². The highest BCUT2D eigenvalue weighted by molar-refractivity contribution is 5.82. The highest BCUT2D eigenvalue weighted by atomic mass is 16.5. The molecular formula is C15H28N2O3. The first kappa shape index (κ1) is 15.7. The van der Waals surface area contributed by atoms with Crippen molar-refractivity contribution in [2.24, 2.45) is 0 Å². The van der Waals surface area contributed by atoms with E-state index in [1.807, 2.05) is 0 Å². The molecule has 0 spiro atoms. The van der Waals surface area contributed by atoms with Gasteiger partial charge in [-0.25, -0.2) is 0 Å². The van der Waals surface area contributed by atoms with E-state index in [9.17, 15) is 4.79 Å². The maximum Gasteiger partial charge on any atom is 0.237 e. The fourth-order valence-electron chi connectivity index (χ4n) is 3.28. The molecule has 2 heterocycles. The second kappa shape index (κ2) is 6.87. The number of carbonyl (C=O) groups excluding carboxylic acids is 1. The van der Waals surface area contributed by atoms with Gasteiger partial charge in [0.1, 0.15) is 0 Å². The lowest BCUT2D eigenvalue weighted by Gasteiger charge is -2.40. The zero-order chi connectivity index (χ0) is 14.6. The third kappa shape index (κ3) is 3.51. The fraction of sp³-hybridized carbons (Fsp3) is 0.933. The van der Waals surface area contributed by atoms with E-state index in [1.165, 1.54) is 0 Å². The van der Waals surface area contributed by atoms with E-state index in [-0.39, 0.29) is 29.7 Å². The first-order valence-corrected chi connectivity index (χ1v) is 7.83. The number of ether oxygens (including phenoxy) is 2. The Hall–Kier alpha value is -0.650. The van der Waals surface area contributed by atoms with Gasteiger partial charge in [-0.2, -0.15) is 0 Å². The third-order valence-corrected chi connectivity index (χ3v) is 4.87. The zero-order valence-corrected chi connectivity index (χ0v) is 12.9. The molecule has 2 fully saturated rings. The van der Waals surface area contributed by atoms with Crippen molar-refractivity contribution in [3.8, 4) is 0 Å². The van der Waals surface area contributed by atoms with E-state index in [0.717, 1.165) is 45.3 Å². The minimum Gasteiger partial charge on any atom is -0.380 e. The molecule has 2 aliphatic rings. The molecule has 2 aliphatic heterocycles. The lowest BCUT2D eigenvalue weighted by atomic mass is 9.86. The molecule has 0 aliphatic carbocycles. The summed E-state index contributed by atoms with van der Waals surface area (Å²) in [5.74, 6) is 0.109. The molecule has 0 radical (unpaired) electrons. The summed E-state index contributed by atoms with van der Waals surface area (Å²) in [6.45, 7) is 5.83. The predicted molar refractivity (Wildman–Crippen MR) is 77.6 cm³/mol. The summed E-state index contributed by atoms with van der Waals surface area (Å²) in [7, 11) is 1.70. The van der Waals surface area contributed by atoms with Crippen LogP contribution in [-0.2, 0) is 14.3 Å². The molecule has 0 aromatic rings. The number of nitrogens with one attached hydrogen (secondary N) is 2. The Bertz CT molecular complexity index is 331.